The molecular weight excluding hydrogens is 497 g/mol. The summed E-state index contributed by atoms with van der Waals surface area (Å²) in [5.74, 6) is -0.952. The number of sulfonamides is 2. The third-order valence-electron chi connectivity index (χ3n) is 5.26. The monoisotopic (exact) mass is 519 g/mol. The first-order chi connectivity index (χ1) is 16.6. The molecule has 4 rings (SSSR count). The van der Waals surface area contributed by atoms with Gasteiger partial charge in [0.25, 0.3) is 15.9 Å². The number of anilines is 3. The van der Waals surface area contributed by atoms with E-state index in [1.807, 2.05) is 0 Å². The quantitative estimate of drug-likeness (QED) is 0.495. The summed E-state index contributed by atoms with van der Waals surface area (Å²) < 4.78 is 72.6. The van der Waals surface area contributed by atoms with Crippen LogP contribution >= 0.6 is 0 Å². The van der Waals surface area contributed by atoms with Crippen LogP contribution in [0, 0.1) is 5.82 Å². The maximum absolute atomic E-state index is 13.0. The minimum absolute atomic E-state index is 0.0668. The molecule has 0 aliphatic carbocycles. The van der Waals surface area contributed by atoms with Crippen LogP contribution < -0.4 is 19.1 Å². The summed E-state index contributed by atoms with van der Waals surface area (Å²) in [4.78, 5) is 12.8. The smallest absolute Gasteiger partial charge is 0.267 e. The summed E-state index contributed by atoms with van der Waals surface area (Å²) in [6, 6.07) is 16.8. The molecule has 35 heavy (non-hydrogen) atoms. The van der Waals surface area contributed by atoms with Crippen LogP contribution in [-0.2, 0) is 24.8 Å². The molecule has 3 aromatic rings. The molecule has 0 radical (unpaired) electrons. The number of benzene rings is 3. The third-order valence-corrected chi connectivity index (χ3v) is 8.40. The van der Waals surface area contributed by atoms with Crippen LogP contribution in [0.3, 0.4) is 0 Å². The van der Waals surface area contributed by atoms with E-state index in [9.17, 15) is 26.0 Å². The van der Waals surface area contributed by atoms with Gasteiger partial charge in [-0.05, 0) is 67.6 Å². The van der Waals surface area contributed by atoms with Gasteiger partial charge in [0, 0.05) is 11.4 Å². The molecule has 0 aromatic heterocycles. The van der Waals surface area contributed by atoms with E-state index in [-0.39, 0.29) is 28.6 Å². The molecule has 3 aromatic carbocycles. The predicted molar refractivity (Wildman–Crippen MR) is 130 cm³/mol. The molecule has 1 atom stereocenters. The van der Waals surface area contributed by atoms with Crippen molar-refractivity contribution in [3.8, 4) is 5.75 Å². The van der Waals surface area contributed by atoms with Crippen molar-refractivity contribution in [2.45, 2.75) is 17.9 Å². The molecule has 2 N–H and O–H groups in total. The summed E-state index contributed by atoms with van der Waals surface area (Å²) in [6.45, 7) is 1.32. The van der Waals surface area contributed by atoms with Crippen LogP contribution in [-0.4, -0.2) is 41.1 Å². The second kappa shape index (κ2) is 9.55. The van der Waals surface area contributed by atoms with E-state index >= 15 is 0 Å². The number of halogens is 1. The Hall–Kier alpha value is -3.64. The zero-order valence-corrected chi connectivity index (χ0v) is 20.1. The number of hydrogen-bond donors (Lipinski definition) is 2. The fraction of sp³-hybridized carbons (Fsp3) is 0.174. The van der Waals surface area contributed by atoms with E-state index in [2.05, 4.69) is 10.0 Å². The third kappa shape index (κ3) is 5.38. The molecule has 1 heterocycles. The molecule has 184 valence electrons. The van der Waals surface area contributed by atoms with Gasteiger partial charge in [-0.15, -0.1) is 0 Å². The van der Waals surface area contributed by atoms with Gasteiger partial charge in [-0.3, -0.25) is 13.8 Å². The Balaban J connectivity index is 1.48. The molecule has 1 aliphatic heterocycles. The lowest BCUT2D eigenvalue weighted by Gasteiger charge is -2.34. The number of nitrogens with one attached hydrogen (secondary N) is 2. The van der Waals surface area contributed by atoms with Crippen molar-refractivity contribution in [1.29, 1.82) is 0 Å². The van der Waals surface area contributed by atoms with Crippen LogP contribution in [0.15, 0.2) is 77.7 Å². The average molecular weight is 520 g/mol. The van der Waals surface area contributed by atoms with Gasteiger partial charge in [0.1, 0.15) is 11.6 Å². The number of carbonyl (C=O) groups is 1. The highest BCUT2D eigenvalue weighted by Gasteiger charge is 2.36. The number of para-hydroxylation sites is 2. The molecule has 0 saturated heterocycles. The molecule has 1 amide bonds. The topological polar surface area (TPSA) is 122 Å². The molecule has 12 heteroatoms. The van der Waals surface area contributed by atoms with Crippen molar-refractivity contribution in [3.05, 3.63) is 78.6 Å². The fourth-order valence-electron chi connectivity index (χ4n) is 3.43. The standard InChI is InChI=1S/C23H22FN3O6S2/c1-2-34(29,30)27-15-22(33-21-6-4-3-5-20(21)27)23(28)25-17-11-13-19(14-12-17)35(31,32)26-18-9-7-16(24)8-10-18/h3-14,22,26H,2,15H2,1H3,(H,25,28)/t22-/m1/s1. The summed E-state index contributed by atoms with van der Waals surface area (Å²) in [6.07, 6.45) is -1.12. The number of nitrogens with zero attached hydrogens (tertiary/aromatic N) is 1. The molecular formula is C23H22FN3O6S2. The maximum Gasteiger partial charge on any atom is 0.267 e. The SMILES string of the molecule is CCS(=O)(=O)N1C[C@H](C(=O)Nc2ccc(S(=O)(=O)Nc3ccc(F)cc3)cc2)Oc2ccccc21. The van der Waals surface area contributed by atoms with Crippen LogP contribution in [0.1, 0.15) is 6.92 Å². The van der Waals surface area contributed by atoms with Gasteiger partial charge in [-0.25, -0.2) is 21.2 Å². The second-order valence-electron chi connectivity index (χ2n) is 7.63. The van der Waals surface area contributed by atoms with Crippen molar-refractivity contribution in [1.82, 2.24) is 0 Å². The lowest BCUT2D eigenvalue weighted by molar-refractivity contribution is -0.122. The molecule has 0 fully saturated rings. The van der Waals surface area contributed by atoms with E-state index in [0.717, 1.165) is 16.4 Å². The largest absolute Gasteiger partial charge is 0.476 e. The zero-order chi connectivity index (χ0) is 25.2. The molecule has 0 spiro atoms. The lowest BCUT2D eigenvalue weighted by Crippen LogP contribution is -2.49. The molecule has 1 aliphatic rings. The van der Waals surface area contributed by atoms with Gasteiger partial charge in [0.15, 0.2) is 6.10 Å². The first-order valence-electron chi connectivity index (χ1n) is 10.5. The van der Waals surface area contributed by atoms with Gasteiger partial charge < -0.3 is 10.1 Å². The summed E-state index contributed by atoms with van der Waals surface area (Å²) in [7, 11) is -7.58. The summed E-state index contributed by atoms with van der Waals surface area (Å²) in [5.41, 5.74) is 0.856. The average Bonchev–Trinajstić information content (AvgIpc) is 2.85. The minimum Gasteiger partial charge on any atom is -0.476 e. The Morgan fingerprint density at radius 2 is 1.60 bits per heavy atom. The highest BCUT2D eigenvalue weighted by atomic mass is 32.2. The predicted octanol–water partition coefficient (Wildman–Crippen LogP) is 3.18. The van der Waals surface area contributed by atoms with Gasteiger partial charge in [-0.2, -0.15) is 0 Å². The first kappa shape index (κ1) is 24.5. The number of rotatable bonds is 7. The van der Waals surface area contributed by atoms with Crippen LogP contribution in [0.2, 0.25) is 0 Å². The number of fused-ring (bicyclic) bond motifs is 1. The summed E-state index contributed by atoms with van der Waals surface area (Å²) in [5, 5.41) is 2.62. The Kier molecular flexibility index (Phi) is 6.68. The number of carbonyl (C=O) groups excluding carboxylic acids is 1. The fourth-order valence-corrected chi connectivity index (χ4v) is 5.61. The van der Waals surface area contributed by atoms with Gasteiger partial charge in [0.2, 0.25) is 10.0 Å². The lowest BCUT2D eigenvalue weighted by atomic mass is 10.2. The van der Waals surface area contributed by atoms with E-state index in [1.165, 1.54) is 43.3 Å². The van der Waals surface area contributed by atoms with Crippen LogP contribution in [0.4, 0.5) is 21.5 Å². The van der Waals surface area contributed by atoms with Crippen LogP contribution in [0.5, 0.6) is 5.75 Å². The zero-order valence-electron chi connectivity index (χ0n) is 18.5. The Morgan fingerprint density at radius 1 is 0.971 bits per heavy atom. The molecule has 0 saturated carbocycles. The molecule has 0 unspecified atom stereocenters. The van der Waals surface area contributed by atoms with Crippen molar-refractivity contribution in [3.63, 3.8) is 0 Å². The maximum atomic E-state index is 13.0. The first-order valence-corrected chi connectivity index (χ1v) is 13.6. The number of amides is 1. The normalized spacial score (nSPS) is 15.6. The van der Waals surface area contributed by atoms with Crippen molar-refractivity contribution < 1.29 is 30.8 Å². The number of ether oxygens (including phenoxy) is 1. The molecule has 0 bridgehead atoms. The van der Waals surface area contributed by atoms with Crippen molar-refractivity contribution >= 4 is 43.0 Å². The highest BCUT2D eigenvalue weighted by molar-refractivity contribution is 7.93. The minimum atomic E-state index is -3.94. The van der Waals surface area contributed by atoms with Crippen molar-refractivity contribution in [2.24, 2.45) is 0 Å². The number of hydrogen-bond acceptors (Lipinski definition) is 6. The van der Waals surface area contributed by atoms with E-state index in [0.29, 0.717) is 11.4 Å². The van der Waals surface area contributed by atoms with Gasteiger partial charge >= 0.3 is 0 Å². The van der Waals surface area contributed by atoms with Crippen LogP contribution in [0.25, 0.3) is 0 Å². The Bertz CT molecular complexity index is 1440. The Labute approximate surface area is 202 Å². The van der Waals surface area contributed by atoms with E-state index in [4.69, 9.17) is 4.74 Å². The van der Waals surface area contributed by atoms with Gasteiger partial charge in [-0.1, -0.05) is 12.1 Å². The second-order valence-corrected chi connectivity index (χ2v) is 11.5. The van der Waals surface area contributed by atoms with Crippen molar-refractivity contribution in [2.75, 3.05) is 26.6 Å². The highest BCUT2D eigenvalue weighted by Crippen LogP contribution is 2.35. The molecule has 9 nitrogen and oxygen atoms in total. The van der Waals surface area contributed by atoms with E-state index in [1.54, 1.807) is 24.3 Å². The van der Waals surface area contributed by atoms with Gasteiger partial charge in [0.05, 0.1) is 22.9 Å². The summed E-state index contributed by atoms with van der Waals surface area (Å²) >= 11 is 0. The van der Waals surface area contributed by atoms with E-state index < -0.39 is 37.9 Å². The Morgan fingerprint density at radius 3 is 2.26 bits per heavy atom.